The predicted octanol–water partition coefficient (Wildman–Crippen LogP) is 6.02. The highest BCUT2D eigenvalue weighted by Gasteiger charge is 2.43. The third kappa shape index (κ3) is 9.05. The van der Waals surface area contributed by atoms with Crippen molar-refractivity contribution in [2.24, 2.45) is 5.73 Å². The van der Waals surface area contributed by atoms with Crippen LogP contribution in [0.1, 0.15) is 94.6 Å². The summed E-state index contributed by atoms with van der Waals surface area (Å²) in [5, 5.41) is 3.05. The van der Waals surface area contributed by atoms with Gasteiger partial charge in [0.25, 0.3) is 0 Å². The highest BCUT2D eigenvalue weighted by atomic mass is 16.5. The Morgan fingerprint density at radius 2 is 1.10 bits per heavy atom. The van der Waals surface area contributed by atoms with E-state index in [1.165, 1.54) is 12.8 Å². The maximum Gasteiger partial charge on any atom is 0.332 e. The van der Waals surface area contributed by atoms with Gasteiger partial charge < -0.3 is 25.4 Å². The number of nitrogens with one attached hydrogen (secondary N) is 1. The number of hydrogen-bond acceptors (Lipinski definition) is 6. The Labute approximate surface area is 250 Å². The first kappa shape index (κ1) is 31.5. The van der Waals surface area contributed by atoms with Gasteiger partial charge in [0.05, 0.1) is 0 Å². The summed E-state index contributed by atoms with van der Waals surface area (Å²) in [5.74, 6) is -0.539. The molecule has 3 N–H and O–H groups in total. The van der Waals surface area contributed by atoms with Crippen LogP contribution in [0.15, 0.2) is 60.7 Å². The largest absolute Gasteiger partial charge is 0.459 e. The number of carbonyl (C=O) groups excluding carboxylic acids is 3. The molecule has 1 aliphatic heterocycles. The maximum absolute atomic E-state index is 12.9. The first-order valence-corrected chi connectivity index (χ1v) is 15.7. The van der Waals surface area contributed by atoms with E-state index in [9.17, 15) is 14.4 Å². The lowest BCUT2D eigenvalue weighted by Crippen LogP contribution is -2.59. The van der Waals surface area contributed by atoms with E-state index in [0.29, 0.717) is 19.4 Å². The number of rotatable bonds is 7. The summed E-state index contributed by atoms with van der Waals surface area (Å²) in [6.07, 6.45) is 12.3. The van der Waals surface area contributed by atoms with Crippen molar-refractivity contribution >= 4 is 18.0 Å². The summed E-state index contributed by atoms with van der Waals surface area (Å²) >= 11 is 0. The molecule has 0 spiro atoms. The summed E-state index contributed by atoms with van der Waals surface area (Å²) in [6.45, 7) is 2.13. The van der Waals surface area contributed by atoms with Gasteiger partial charge in [-0.25, -0.2) is 9.59 Å². The van der Waals surface area contributed by atoms with Crippen molar-refractivity contribution in [3.63, 3.8) is 0 Å². The van der Waals surface area contributed by atoms with Crippen LogP contribution in [0.5, 0.6) is 0 Å². The van der Waals surface area contributed by atoms with Gasteiger partial charge >= 0.3 is 18.0 Å². The second-order valence-corrected chi connectivity index (χ2v) is 12.0. The second kappa shape index (κ2) is 15.7. The lowest BCUT2D eigenvalue weighted by molar-refractivity contribution is -0.154. The fourth-order valence-electron chi connectivity index (χ4n) is 6.03. The fourth-order valence-corrected chi connectivity index (χ4v) is 6.03. The zero-order chi connectivity index (χ0) is 29.7. The minimum Gasteiger partial charge on any atom is -0.459 e. The molecule has 2 amide bonds. The molecule has 5 rings (SSSR count). The number of carbonyl (C=O) groups is 3. The molecule has 3 fully saturated rings. The van der Waals surface area contributed by atoms with Crippen molar-refractivity contribution in [2.45, 2.75) is 108 Å². The lowest BCUT2D eigenvalue weighted by atomic mass is 9.81. The van der Waals surface area contributed by atoms with Crippen molar-refractivity contribution in [1.29, 1.82) is 0 Å². The Hall–Kier alpha value is -3.39. The molecule has 0 aromatic heterocycles. The number of esters is 2. The topological polar surface area (TPSA) is 111 Å². The number of piperidine rings is 1. The number of likely N-dealkylation sites (tertiary alicyclic amines) is 1. The van der Waals surface area contributed by atoms with Gasteiger partial charge in [0.15, 0.2) is 0 Å². The molecule has 8 nitrogen and oxygen atoms in total. The Morgan fingerprint density at radius 3 is 1.62 bits per heavy atom. The van der Waals surface area contributed by atoms with E-state index in [1.54, 1.807) is 0 Å². The van der Waals surface area contributed by atoms with Crippen molar-refractivity contribution in [3.05, 3.63) is 71.8 Å². The molecule has 0 atom stereocenters. The van der Waals surface area contributed by atoms with Gasteiger partial charge in [-0.2, -0.15) is 0 Å². The minimum atomic E-state index is -0.860. The summed E-state index contributed by atoms with van der Waals surface area (Å²) < 4.78 is 10.9. The Bertz CT molecular complexity index is 1120. The van der Waals surface area contributed by atoms with E-state index >= 15 is 0 Å². The van der Waals surface area contributed by atoms with Gasteiger partial charge in [-0.05, 0) is 56.1 Å². The number of nitrogens with zero attached hydrogens (tertiary/aromatic N) is 1. The summed E-state index contributed by atoms with van der Waals surface area (Å²) in [5.41, 5.74) is 6.45. The highest BCUT2D eigenvalue weighted by molar-refractivity contribution is 5.87. The third-order valence-corrected chi connectivity index (χ3v) is 8.67. The van der Waals surface area contributed by atoms with Crippen LogP contribution < -0.4 is 11.1 Å². The standard InChI is InChI=1S/C20H28N2O3.C14H19NO2/c23-18(25-16-17-10-4-1-5-11-17)20(12-6-2-7-13-20)21-19(24)22-14-8-3-9-15-22;15-14(9-5-2-6-10-14)13(16)17-11-12-7-3-1-4-8-12/h1,4-5,10-11H,2-3,6-9,12-16H2,(H,21,24);1,3-4,7-8H,2,5-6,9-11,15H2. The molecular formula is C34H47N3O5. The lowest BCUT2D eigenvalue weighted by Gasteiger charge is -2.38. The van der Waals surface area contributed by atoms with E-state index in [0.717, 1.165) is 82.0 Å². The number of hydrogen-bond donors (Lipinski definition) is 2. The first-order chi connectivity index (χ1) is 20.4. The molecule has 1 heterocycles. The molecule has 2 aliphatic carbocycles. The minimum absolute atomic E-state index is 0.113. The average molecular weight is 578 g/mol. The maximum atomic E-state index is 12.9. The molecule has 3 aliphatic rings. The highest BCUT2D eigenvalue weighted by Crippen LogP contribution is 2.30. The van der Waals surface area contributed by atoms with E-state index in [4.69, 9.17) is 15.2 Å². The van der Waals surface area contributed by atoms with Crippen LogP contribution >= 0.6 is 0 Å². The van der Waals surface area contributed by atoms with E-state index in [2.05, 4.69) is 5.32 Å². The van der Waals surface area contributed by atoms with Gasteiger partial charge in [0.1, 0.15) is 24.3 Å². The number of urea groups is 1. The van der Waals surface area contributed by atoms with Crippen molar-refractivity contribution < 1.29 is 23.9 Å². The molecule has 0 bridgehead atoms. The molecule has 2 aromatic carbocycles. The van der Waals surface area contributed by atoms with E-state index < -0.39 is 11.1 Å². The molecule has 0 radical (unpaired) electrons. The molecule has 0 unspecified atom stereocenters. The van der Waals surface area contributed by atoms with Crippen LogP contribution in [0.2, 0.25) is 0 Å². The van der Waals surface area contributed by atoms with Crippen LogP contribution in [0.4, 0.5) is 4.79 Å². The van der Waals surface area contributed by atoms with Gasteiger partial charge in [-0.1, -0.05) is 99.2 Å². The molecule has 42 heavy (non-hydrogen) atoms. The zero-order valence-electron chi connectivity index (χ0n) is 24.9. The fraction of sp³-hybridized carbons (Fsp3) is 0.559. The van der Waals surface area contributed by atoms with Crippen LogP contribution in [-0.2, 0) is 32.3 Å². The van der Waals surface area contributed by atoms with Crippen LogP contribution in [0, 0.1) is 0 Å². The molecular weight excluding hydrogens is 530 g/mol. The van der Waals surface area contributed by atoms with E-state index in [1.807, 2.05) is 65.6 Å². The van der Waals surface area contributed by atoms with Crippen molar-refractivity contribution in [2.75, 3.05) is 13.1 Å². The number of nitrogens with two attached hydrogens (primary N) is 1. The monoisotopic (exact) mass is 577 g/mol. The number of ether oxygens (including phenoxy) is 2. The number of amides is 2. The van der Waals surface area contributed by atoms with Crippen molar-refractivity contribution in [1.82, 2.24) is 10.2 Å². The Balaban J connectivity index is 0.000000208. The molecule has 228 valence electrons. The van der Waals surface area contributed by atoms with Gasteiger partial charge in [0, 0.05) is 13.1 Å². The Morgan fingerprint density at radius 1 is 0.643 bits per heavy atom. The van der Waals surface area contributed by atoms with Gasteiger partial charge in [0.2, 0.25) is 0 Å². The van der Waals surface area contributed by atoms with Crippen LogP contribution in [0.3, 0.4) is 0 Å². The van der Waals surface area contributed by atoms with E-state index in [-0.39, 0.29) is 24.6 Å². The quantitative estimate of drug-likeness (QED) is 0.390. The van der Waals surface area contributed by atoms with Gasteiger partial charge in [-0.3, -0.25) is 4.79 Å². The molecule has 2 aromatic rings. The number of benzene rings is 2. The zero-order valence-corrected chi connectivity index (χ0v) is 24.9. The summed E-state index contributed by atoms with van der Waals surface area (Å²) in [4.78, 5) is 39.3. The normalized spacial score (nSPS) is 19.4. The smallest absolute Gasteiger partial charge is 0.332 e. The Kier molecular flexibility index (Phi) is 11.8. The van der Waals surface area contributed by atoms with Crippen LogP contribution in [0.25, 0.3) is 0 Å². The second-order valence-electron chi connectivity index (χ2n) is 12.0. The van der Waals surface area contributed by atoms with Crippen LogP contribution in [-0.4, -0.2) is 47.0 Å². The first-order valence-electron chi connectivity index (χ1n) is 15.7. The predicted molar refractivity (Wildman–Crippen MR) is 162 cm³/mol. The summed E-state index contributed by atoms with van der Waals surface area (Å²) in [7, 11) is 0. The van der Waals surface area contributed by atoms with Crippen molar-refractivity contribution in [3.8, 4) is 0 Å². The van der Waals surface area contributed by atoms with Gasteiger partial charge in [-0.15, -0.1) is 0 Å². The third-order valence-electron chi connectivity index (χ3n) is 8.67. The average Bonchev–Trinajstić information content (AvgIpc) is 3.05. The molecule has 2 saturated carbocycles. The molecule has 8 heteroatoms. The molecule has 1 saturated heterocycles. The summed E-state index contributed by atoms with van der Waals surface area (Å²) in [6, 6.07) is 19.2. The SMILES string of the molecule is NC1(C(=O)OCc2ccccc2)CCCCC1.O=C(NC1(C(=O)OCc2ccccc2)CCCCC1)N1CCCCC1.